The number of sulfonamides is 1. The van der Waals surface area contributed by atoms with Gasteiger partial charge in [-0.05, 0) is 19.9 Å². The second-order valence-electron chi connectivity index (χ2n) is 4.86. The van der Waals surface area contributed by atoms with Crippen molar-refractivity contribution < 1.29 is 13.5 Å². The van der Waals surface area contributed by atoms with Crippen LogP contribution in [0.1, 0.15) is 19.4 Å². The molecule has 0 fully saturated rings. The summed E-state index contributed by atoms with van der Waals surface area (Å²) in [5.41, 5.74) is 4.85. The molecule has 20 heavy (non-hydrogen) atoms. The van der Waals surface area contributed by atoms with Gasteiger partial charge in [0.25, 0.3) is 0 Å². The predicted octanol–water partition coefficient (Wildman–Crippen LogP) is -0.217. The van der Waals surface area contributed by atoms with Crippen LogP contribution in [0.2, 0.25) is 0 Å². The van der Waals surface area contributed by atoms with Crippen molar-refractivity contribution in [3.05, 3.63) is 24.0 Å². The van der Waals surface area contributed by atoms with Crippen molar-refractivity contribution in [2.24, 2.45) is 5.73 Å². The number of nitrogens with zero attached hydrogens (tertiary/aromatic N) is 2. The van der Waals surface area contributed by atoms with Gasteiger partial charge in [-0.25, -0.2) is 8.42 Å². The van der Waals surface area contributed by atoms with E-state index in [1.807, 2.05) is 0 Å². The van der Waals surface area contributed by atoms with Crippen molar-refractivity contribution in [2.45, 2.75) is 24.3 Å². The van der Waals surface area contributed by atoms with Crippen LogP contribution in [0.25, 0.3) is 0 Å². The van der Waals surface area contributed by atoms with Crippen molar-refractivity contribution in [3.63, 3.8) is 0 Å². The van der Waals surface area contributed by atoms with E-state index in [-0.39, 0.29) is 18.0 Å². The summed E-state index contributed by atoms with van der Waals surface area (Å²) in [4.78, 5) is 3.92. The first-order valence-electron chi connectivity index (χ1n) is 5.99. The molecule has 0 bridgehead atoms. The molecule has 0 saturated heterocycles. The van der Waals surface area contributed by atoms with E-state index >= 15 is 0 Å². The Morgan fingerprint density at radius 2 is 2.10 bits per heavy atom. The van der Waals surface area contributed by atoms with Crippen LogP contribution in [0.3, 0.4) is 0 Å². The van der Waals surface area contributed by atoms with Crippen LogP contribution < -0.4 is 5.73 Å². The van der Waals surface area contributed by atoms with Gasteiger partial charge in [0.2, 0.25) is 10.0 Å². The molecule has 0 radical (unpaired) electrons. The minimum absolute atomic E-state index is 0.0327. The molecule has 110 valence electrons. The Morgan fingerprint density at radius 1 is 1.45 bits per heavy atom. The number of aliphatic hydroxyl groups is 1. The number of likely N-dealkylation sites (N-methyl/N-ethyl adjacent to an activating group) is 1. The summed E-state index contributed by atoms with van der Waals surface area (Å²) in [7, 11) is -2.32. The molecule has 3 N–H and O–H groups in total. The summed E-state index contributed by atoms with van der Waals surface area (Å²) in [6, 6.07) is 1.44. The molecule has 0 aliphatic heterocycles. The molecule has 0 aliphatic rings. The van der Waals surface area contributed by atoms with Crippen LogP contribution in [0.5, 0.6) is 0 Å². The second kappa shape index (κ2) is 6.33. The molecular formula is C13H19N3O3S. The second-order valence-corrected chi connectivity index (χ2v) is 6.83. The zero-order valence-corrected chi connectivity index (χ0v) is 12.6. The smallest absolute Gasteiger partial charge is 0.244 e. The molecule has 0 atom stereocenters. The number of aromatic nitrogens is 1. The topological polar surface area (TPSA) is 96.5 Å². The molecule has 1 heterocycles. The van der Waals surface area contributed by atoms with E-state index in [2.05, 4.69) is 16.8 Å². The van der Waals surface area contributed by atoms with Gasteiger partial charge in [0.05, 0.1) is 18.7 Å². The van der Waals surface area contributed by atoms with Crippen LogP contribution >= 0.6 is 0 Å². The molecular weight excluding hydrogens is 278 g/mol. The summed E-state index contributed by atoms with van der Waals surface area (Å²) in [5.74, 6) is 5.38. The molecule has 1 rings (SSSR count). The van der Waals surface area contributed by atoms with Gasteiger partial charge in [0.15, 0.2) is 0 Å². The van der Waals surface area contributed by atoms with Gasteiger partial charge in [0, 0.05) is 25.0 Å². The molecule has 0 aliphatic carbocycles. The number of aliphatic hydroxyl groups excluding tert-OH is 1. The van der Waals surface area contributed by atoms with Crippen molar-refractivity contribution >= 4 is 10.0 Å². The van der Waals surface area contributed by atoms with Gasteiger partial charge < -0.3 is 10.8 Å². The molecule has 7 heteroatoms. The fourth-order valence-electron chi connectivity index (χ4n) is 1.36. The van der Waals surface area contributed by atoms with Crippen LogP contribution in [-0.2, 0) is 10.0 Å². The minimum Gasteiger partial charge on any atom is -0.394 e. The number of hydrogen-bond acceptors (Lipinski definition) is 5. The normalized spacial score (nSPS) is 12.1. The molecule has 0 unspecified atom stereocenters. The first kappa shape index (κ1) is 16.6. The first-order valence-corrected chi connectivity index (χ1v) is 7.43. The maximum absolute atomic E-state index is 12.5. The highest BCUT2D eigenvalue weighted by Crippen LogP contribution is 2.22. The lowest BCUT2D eigenvalue weighted by Gasteiger charge is -2.32. The fourth-order valence-corrected chi connectivity index (χ4v) is 2.86. The Bertz CT molecular complexity index is 630. The molecule has 0 saturated carbocycles. The lowest BCUT2D eigenvalue weighted by Crippen LogP contribution is -2.47. The van der Waals surface area contributed by atoms with Crippen LogP contribution in [-0.4, -0.2) is 48.6 Å². The third-order valence-corrected chi connectivity index (χ3v) is 4.98. The van der Waals surface area contributed by atoms with Gasteiger partial charge in [-0.15, -0.1) is 0 Å². The van der Waals surface area contributed by atoms with Gasteiger partial charge in [-0.2, -0.15) is 4.31 Å². The Labute approximate surface area is 119 Å². The Morgan fingerprint density at radius 3 is 2.65 bits per heavy atom. The van der Waals surface area contributed by atoms with E-state index in [1.54, 1.807) is 13.8 Å². The van der Waals surface area contributed by atoms with Gasteiger partial charge >= 0.3 is 0 Å². The molecule has 1 aromatic heterocycles. The third kappa shape index (κ3) is 3.55. The highest BCUT2D eigenvalue weighted by atomic mass is 32.2. The SMILES string of the molecule is CN(C(C)(C)CO)S(=O)(=O)c1cncc(C#CCN)c1. The molecule has 1 aromatic rings. The van der Waals surface area contributed by atoms with Crippen molar-refractivity contribution in [1.29, 1.82) is 0 Å². The van der Waals surface area contributed by atoms with Gasteiger partial charge in [-0.1, -0.05) is 11.8 Å². The average molecular weight is 297 g/mol. The number of pyridine rings is 1. The monoisotopic (exact) mass is 297 g/mol. The lowest BCUT2D eigenvalue weighted by molar-refractivity contribution is 0.138. The van der Waals surface area contributed by atoms with E-state index in [0.717, 1.165) is 4.31 Å². The summed E-state index contributed by atoms with van der Waals surface area (Å²) >= 11 is 0. The van der Waals surface area contributed by atoms with Crippen molar-refractivity contribution in [1.82, 2.24) is 9.29 Å². The lowest BCUT2D eigenvalue weighted by atomic mass is 10.1. The predicted molar refractivity (Wildman–Crippen MR) is 76.3 cm³/mol. The minimum atomic E-state index is -3.74. The third-order valence-electron chi connectivity index (χ3n) is 2.95. The number of nitrogens with two attached hydrogens (primary N) is 1. The summed E-state index contributed by atoms with van der Waals surface area (Å²) in [6.07, 6.45) is 2.73. The van der Waals surface area contributed by atoms with Crippen LogP contribution in [0.4, 0.5) is 0 Å². The van der Waals surface area contributed by atoms with E-state index in [4.69, 9.17) is 5.73 Å². The Kier molecular flexibility index (Phi) is 5.25. The van der Waals surface area contributed by atoms with Gasteiger partial charge in [-0.3, -0.25) is 4.98 Å². The quantitative estimate of drug-likeness (QED) is 0.749. The molecule has 0 spiro atoms. The zero-order chi connectivity index (χ0) is 15.4. The summed E-state index contributed by atoms with van der Waals surface area (Å²) in [6.45, 7) is 3.17. The Balaban J connectivity index is 3.23. The van der Waals surface area contributed by atoms with Crippen LogP contribution in [0.15, 0.2) is 23.4 Å². The first-order chi connectivity index (χ1) is 9.25. The molecule has 6 nitrogen and oxygen atoms in total. The van der Waals surface area contributed by atoms with Gasteiger partial charge in [0.1, 0.15) is 4.90 Å². The summed E-state index contributed by atoms with van der Waals surface area (Å²) < 4.78 is 26.1. The number of rotatable bonds is 4. The van der Waals surface area contributed by atoms with E-state index < -0.39 is 15.6 Å². The molecule has 0 amide bonds. The Hall–Kier alpha value is -1.46. The highest BCUT2D eigenvalue weighted by molar-refractivity contribution is 7.89. The van der Waals surface area contributed by atoms with Crippen molar-refractivity contribution in [2.75, 3.05) is 20.2 Å². The van der Waals surface area contributed by atoms with E-state index in [9.17, 15) is 13.5 Å². The summed E-state index contributed by atoms with van der Waals surface area (Å²) in [5, 5.41) is 9.29. The maximum Gasteiger partial charge on any atom is 0.244 e. The maximum atomic E-state index is 12.5. The van der Waals surface area contributed by atoms with E-state index in [0.29, 0.717) is 5.56 Å². The fraction of sp³-hybridized carbons (Fsp3) is 0.462. The molecule has 0 aromatic carbocycles. The standard InChI is InChI=1S/C13H19N3O3S/c1-13(2,10-17)16(3)20(18,19)12-7-11(5-4-6-14)8-15-9-12/h7-9,17H,6,10,14H2,1-3H3. The van der Waals surface area contributed by atoms with Crippen molar-refractivity contribution in [3.8, 4) is 11.8 Å². The van der Waals surface area contributed by atoms with Crippen LogP contribution in [0, 0.1) is 11.8 Å². The zero-order valence-electron chi connectivity index (χ0n) is 11.8. The largest absolute Gasteiger partial charge is 0.394 e. The average Bonchev–Trinajstić information content (AvgIpc) is 2.44. The number of hydrogen-bond donors (Lipinski definition) is 2. The highest BCUT2D eigenvalue weighted by Gasteiger charge is 2.33. The van der Waals surface area contributed by atoms with E-state index in [1.165, 1.54) is 25.5 Å².